The molecule has 6 N–H and O–H groups in total. The van der Waals surface area contributed by atoms with Crippen molar-refractivity contribution in [3.63, 3.8) is 0 Å². The van der Waals surface area contributed by atoms with Crippen LogP contribution in [-0.4, -0.2) is 53.0 Å². The number of likely N-dealkylation sites (N-methyl/N-ethyl adjacent to an activating group) is 1. The Hall–Kier alpha value is -2.16. The first-order valence-electron chi connectivity index (χ1n) is 6.28. The molecule has 0 spiro atoms. The van der Waals surface area contributed by atoms with E-state index in [-0.39, 0.29) is 18.7 Å². The molecule has 1 atom stereocenters. The molecule has 0 aromatic heterocycles. The quantitative estimate of drug-likeness (QED) is 0.190. The summed E-state index contributed by atoms with van der Waals surface area (Å²) in [6, 6.07) is 5.57. The van der Waals surface area contributed by atoms with Crippen LogP contribution >= 0.6 is 0 Å². The van der Waals surface area contributed by atoms with E-state index in [1.807, 2.05) is 0 Å². The summed E-state index contributed by atoms with van der Waals surface area (Å²) < 4.78 is 5.38. The number of hydrogen-bond donors (Lipinski definition) is 5. The molecule has 1 aromatic carbocycles. The van der Waals surface area contributed by atoms with Gasteiger partial charge in [0.05, 0.1) is 12.6 Å². The second-order valence-electron chi connectivity index (χ2n) is 4.27. The minimum Gasteiger partial charge on any atom is -0.494 e. The minimum absolute atomic E-state index is 0.102. The van der Waals surface area contributed by atoms with Gasteiger partial charge in [0, 0.05) is 19.0 Å². The molecule has 0 radical (unpaired) electrons. The van der Waals surface area contributed by atoms with Gasteiger partial charge < -0.3 is 31.2 Å². The zero-order valence-corrected chi connectivity index (χ0v) is 11.6. The summed E-state index contributed by atoms with van der Waals surface area (Å²) in [5.74, 6) is 0.0154. The number of nitrogens with zero attached hydrogens (tertiary/aromatic N) is 1. The third-order valence-corrected chi connectivity index (χ3v) is 2.77. The highest BCUT2D eigenvalue weighted by Gasteiger charge is 2.13. The lowest BCUT2D eigenvalue weighted by Gasteiger charge is -2.14. The highest BCUT2D eigenvalue weighted by atomic mass is 16.5. The zero-order chi connectivity index (χ0) is 15.8. The molecule has 0 aliphatic heterocycles. The second-order valence-corrected chi connectivity index (χ2v) is 4.27. The molecular weight excluding hydrogens is 278 g/mol. The fraction of sp³-hybridized carbons (Fsp3) is 0.385. The van der Waals surface area contributed by atoms with Crippen molar-refractivity contribution in [3.05, 3.63) is 29.8 Å². The molecule has 8 heteroatoms. The van der Waals surface area contributed by atoms with Crippen molar-refractivity contribution in [2.45, 2.75) is 18.8 Å². The Morgan fingerprint density at radius 3 is 2.48 bits per heavy atom. The molecule has 8 nitrogen and oxygen atoms in total. The van der Waals surface area contributed by atoms with E-state index in [2.05, 4.69) is 10.5 Å². The smallest absolute Gasteiger partial charge is 0.273 e. The molecule has 0 fully saturated rings. The van der Waals surface area contributed by atoms with Gasteiger partial charge in [-0.1, -0.05) is 5.16 Å². The Kier molecular flexibility index (Phi) is 6.60. The SMILES string of the molecule is CNC(=O)/C(=N/O)c1ccc(OCCC(N)C(O)O)cc1. The Balaban J connectivity index is 2.60. The van der Waals surface area contributed by atoms with E-state index in [4.69, 9.17) is 25.9 Å². The Morgan fingerprint density at radius 2 is 2.00 bits per heavy atom. The van der Waals surface area contributed by atoms with Crippen LogP contribution in [0.3, 0.4) is 0 Å². The molecule has 0 aliphatic rings. The predicted octanol–water partition coefficient (Wildman–Crippen LogP) is -0.982. The van der Waals surface area contributed by atoms with Crippen molar-refractivity contribution in [1.29, 1.82) is 0 Å². The van der Waals surface area contributed by atoms with Crippen LogP contribution in [-0.2, 0) is 4.79 Å². The highest BCUT2D eigenvalue weighted by molar-refractivity contribution is 6.45. The van der Waals surface area contributed by atoms with Crippen LogP contribution in [0, 0.1) is 0 Å². The number of carbonyl (C=O) groups excluding carboxylic acids is 1. The van der Waals surface area contributed by atoms with Crippen LogP contribution < -0.4 is 15.8 Å². The average molecular weight is 297 g/mol. The normalized spacial score (nSPS) is 13.1. The van der Waals surface area contributed by atoms with Crippen LogP contribution in [0.25, 0.3) is 0 Å². The maximum Gasteiger partial charge on any atom is 0.273 e. The Labute approximate surface area is 121 Å². The number of carbonyl (C=O) groups is 1. The molecule has 0 heterocycles. The maximum absolute atomic E-state index is 11.4. The fourth-order valence-electron chi connectivity index (χ4n) is 1.52. The molecule has 0 saturated carbocycles. The standard InChI is InChI=1S/C13H19N3O5/c1-15-12(17)11(16-20)8-2-4-9(5-3-8)21-7-6-10(14)13(18)19/h2-5,10,13,18-20H,6-7,14H2,1H3,(H,15,17)/b16-11+. The summed E-state index contributed by atoms with van der Waals surface area (Å²) in [5, 5.41) is 31.8. The summed E-state index contributed by atoms with van der Waals surface area (Å²) in [4.78, 5) is 11.4. The average Bonchev–Trinajstić information content (AvgIpc) is 2.49. The topological polar surface area (TPSA) is 137 Å². The van der Waals surface area contributed by atoms with Crippen LogP contribution in [0.15, 0.2) is 29.4 Å². The van der Waals surface area contributed by atoms with Gasteiger partial charge in [-0.15, -0.1) is 0 Å². The number of ether oxygens (including phenoxy) is 1. The van der Waals surface area contributed by atoms with Crippen molar-refractivity contribution >= 4 is 11.6 Å². The molecule has 1 rings (SSSR count). The van der Waals surface area contributed by atoms with Crippen molar-refractivity contribution in [2.75, 3.05) is 13.7 Å². The summed E-state index contributed by atoms with van der Waals surface area (Å²) in [7, 11) is 1.43. The zero-order valence-electron chi connectivity index (χ0n) is 11.6. The predicted molar refractivity (Wildman–Crippen MR) is 75.1 cm³/mol. The van der Waals surface area contributed by atoms with E-state index in [9.17, 15) is 4.79 Å². The molecule has 116 valence electrons. The van der Waals surface area contributed by atoms with Gasteiger partial charge in [-0.05, 0) is 24.3 Å². The first-order valence-corrected chi connectivity index (χ1v) is 6.28. The van der Waals surface area contributed by atoms with Gasteiger partial charge in [-0.25, -0.2) is 0 Å². The van der Waals surface area contributed by atoms with Crippen molar-refractivity contribution in [2.24, 2.45) is 10.9 Å². The van der Waals surface area contributed by atoms with Gasteiger partial charge in [-0.2, -0.15) is 0 Å². The third-order valence-electron chi connectivity index (χ3n) is 2.77. The van der Waals surface area contributed by atoms with E-state index in [1.165, 1.54) is 7.05 Å². The monoisotopic (exact) mass is 297 g/mol. The van der Waals surface area contributed by atoms with E-state index < -0.39 is 18.2 Å². The number of nitrogens with two attached hydrogens (primary N) is 1. The minimum atomic E-state index is -1.58. The number of rotatable bonds is 7. The number of hydrogen-bond acceptors (Lipinski definition) is 7. The Morgan fingerprint density at radius 1 is 1.38 bits per heavy atom. The number of aliphatic hydroxyl groups is 2. The summed E-state index contributed by atoms with van der Waals surface area (Å²) in [5.41, 5.74) is 5.78. The first-order chi connectivity index (χ1) is 9.99. The summed E-state index contributed by atoms with van der Waals surface area (Å²) >= 11 is 0. The van der Waals surface area contributed by atoms with Crippen LogP contribution in [0.1, 0.15) is 12.0 Å². The van der Waals surface area contributed by atoms with Crippen LogP contribution in [0.2, 0.25) is 0 Å². The molecule has 1 aromatic rings. The van der Waals surface area contributed by atoms with Gasteiger partial charge in [0.1, 0.15) is 5.75 Å². The molecule has 0 aliphatic carbocycles. The van der Waals surface area contributed by atoms with Crippen molar-refractivity contribution in [1.82, 2.24) is 5.32 Å². The van der Waals surface area contributed by atoms with Crippen LogP contribution in [0.5, 0.6) is 5.75 Å². The van der Waals surface area contributed by atoms with Gasteiger partial charge in [-0.3, -0.25) is 4.79 Å². The molecule has 1 amide bonds. The van der Waals surface area contributed by atoms with E-state index in [0.29, 0.717) is 11.3 Å². The van der Waals surface area contributed by atoms with E-state index in [0.717, 1.165) is 0 Å². The van der Waals surface area contributed by atoms with E-state index in [1.54, 1.807) is 24.3 Å². The van der Waals surface area contributed by atoms with Gasteiger partial charge in [0.25, 0.3) is 5.91 Å². The van der Waals surface area contributed by atoms with E-state index >= 15 is 0 Å². The van der Waals surface area contributed by atoms with Crippen LogP contribution in [0.4, 0.5) is 0 Å². The largest absolute Gasteiger partial charge is 0.494 e. The number of nitrogens with one attached hydrogen (secondary N) is 1. The summed E-state index contributed by atoms with van der Waals surface area (Å²) in [6.07, 6.45) is -1.30. The molecular formula is C13H19N3O5. The lowest BCUT2D eigenvalue weighted by molar-refractivity contribution is -0.114. The number of benzene rings is 1. The lowest BCUT2D eigenvalue weighted by Crippen LogP contribution is -2.35. The number of amides is 1. The molecule has 0 bridgehead atoms. The number of aliphatic hydroxyl groups excluding tert-OH is 1. The van der Waals surface area contributed by atoms with Gasteiger partial charge in [0.15, 0.2) is 12.0 Å². The maximum atomic E-state index is 11.4. The second kappa shape index (κ2) is 8.20. The highest BCUT2D eigenvalue weighted by Crippen LogP contribution is 2.13. The van der Waals surface area contributed by atoms with Crippen molar-refractivity contribution in [3.8, 4) is 5.75 Å². The Bertz CT molecular complexity index is 487. The summed E-state index contributed by atoms with van der Waals surface area (Å²) in [6.45, 7) is 0.217. The number of oxime groups is 1. The lowest BCUT2D eigenvalue weighted by atomic mass is 10.1. The third kappa shape index (κ3) is 5.03. The fourth-order valence-corrected chi connectivity index (χ4v) is 1.52. The van der Waals surface area contributed by atoms with Gasteiger partial charge in [0.2, 0.25) is 0 Å². The first kappa shape index (κ1) is 16.9. The van der Waals surface area contributed by atoms with Crippen molar-refractivity contribution < 1.29 is 25.0 Å². The molecule has 0 saturated heterocycles. The molecule has 1 unspecified atom stereocenters. The molecule has 21 heavy (non-hydrogen) atoms. The van der Waals surface area contributed by atoms with Gasteiger partial charge >= 0.3 is 0 Å².